The second-order valence-electron chi connectivity index (χ2n) is 6.05. The lowest BCUT2D eigenvalue weighted by Gasteiger charge is -2.17. The Morgan fingerprint density at radius 1 is 1.23 bits per heavy atom. The Labute approximate surface area is 130 Å². The van der Waals surface area contributed by atoms with Gasteiger partial charge >= 0.3 is 0 Å². The van der Waals surface area contributed by atoms with Crippen molar-refractivity contribution in [3.63, 3.8) is 0 Å². The smallest absolute Gasteiger partial charge is 0.235 e. The lowest BCUT2D eigenvalue weighted by molar-refractivity contribution is -0.119. The number of anilines is 2. The summed E-state index contributed by atoms with van der Waals surface area (Å²) in [5.74, 6) is 0.177. The highest BCUT2D eigenvalue weighted by molar-refractivity contribution is 7.93. The zero-order chi connectivity index (χ0) is 15.7. The fourth-order valence-corrected chi connectivity index (χ4v) is 4.70. The molecule has 2 atom stereocenters. The van der Waals surface area contributed by atoms with Gasteiger partial charge in [0.25, 0.3) is 0 Å². The molecule has 0 aromatic heterocycles. The fraction of sp³-hybridized carbons (Fsp3) is 0.533. The maximum absolute atomic E-state index is 12.1. The van der Waals surface area contributed by atoms with Crippen molar-refractivity contribution in [3.8, 4) is 0 Å². The Balaban J connectivity index is 1.66. The average molecular weight is 323 g/mol. The summed E-state index contributed by atoms with van der Waals surface area (Å²) in [6, 6.07) is 7.09. The predicted molar refractivity (Wildman–Crippen MR) is 86.1 cm³/mol. The Hall–Kier alpha value is -1.60. The normalized spacial score (nSPS) is 27.0. The average Bonchev–Trinajstić information content (AvgIpc) is 3.05. The first kappa shape index (κ1) is 15.3. The molecule has 22 heavy (non-hydrogen) atoms. The van der Waals surface area contributed by atoms with Crippen molar-refractivity contribution in [3.05, 3.63) is 24.3 Å². The van der Waals surface area contributed by atoms with Gasteiger partial charge in [-0.05, 0) is 49.9 Å². The molecule has 1 amide bonds. The molecule has 1 saturated heterocycles. The summed E-state index contributed by atoms with van der Waals surface area (Å²) in [6.45, 7) is 0.522. The van der Waals surface area contributed by atoms with E-state index in [2.05, 4.69) is 5.32 Å². The summed E-state index contributed by atoms with van der Waals surface area (Å²) >= 11 is 0. The molecule has 1 aliphatic carbocycles. The highest BCUT2D eigenvalue weighted by Gasteiger charge is 2.29. The molecule has 2 fully saturated rings. The van der Waals surface area contributed by atoms with Gasteiger partial charge in [0.15, 0.2) is 0 Å². The predicted octanol–water partition coefficient (Wildman–Crippen LogP) is 1.29. The van der Waals surface area contributed by atoms with E-state index < -0.39 is 10.0 Å². The molecule has 1 heterocycles. The lowest BCUT2D eigenvalue weighted by atomic mass is 10.1. The van der Waals surface area contributed by atoms with E-state index in [1.807, 2.05) is 0 Å². The van der Waals surface area contributed by atoms with Crippen LogP contribution in [0.15, 0.2) is 24.3 Å². The van der Waals surface area contributed by atoms with Crippen molar-refractivity contribution in [1.29, 1.82) is 0 Å². The SMILES string of the molecule is NC1CCC(C(=O)Nc2ccc(N3CCCS3(=O)=O)cc2)C1. The van der Waals surface area contributed by atoms with Gasteiger partial charge in [-0.2, -0.15) is 0 Å². The third-order valence-electron chi connectivity index (χ3n) is 4.37. The van der Waals surface area contributed by atoms with Crippen LogP contribution in [0.5, 0.6) is 0 Å². The minimum atomic E-state index is -3.16. The first-order valence-electron chi connectivity index (χ1n) is 7.62. The van der Waals surface area contributed by atoms with Crippen molar-refractivity contribution in [2.24, 2.45) is 11.7 Å². The lowest BCUT2D eigenvalue weighted by Crippen LogP contribution is -2.25. The molecule has 0 spiro atoms. The number of amides is 1. The van der Waals surface area contributed by atoms with Crippen molar-refractivity contribution in [2.75, 3.05) is 21.9 Å². The topological polar surface area (TPSA) is 92.5 Å². The molecule has 1 aromatic rings. The van der Waals surface area contributed by atoms with Crippen LogP contribution < -0.4 is 15.4 Å². The van der Waals surface area contributed by atoms with Gasteiger partial charge in [0.1, 0.15) is 0 Å². The highest BCUT2D eigenvalue weighted by atomic mass is 32.2. The van der Waals surface area contributed by atoms with Gasteiger partial charge in [-0.25, -0.2) is 8.42 Å². The molecular formula is C15H21N3O3S. The molecular weight excluding hydrogens is 302 g/mol. The summed E-state index contributed by atoms with van der Waals surface area (Å²) in [5, 5.41) is 2.88. The minimum absolute atomic E-state index is 0.00510. The first-order chi connectivity index (χ1) is 10.5. The van der Waals surface area contributed by atoms with E-state index >= 15 is 0 Å². The fourth-order valence-electron chi connectivity index (χ4n) is 3.14. The number of nitrogens with two attached hydrogens (primary N) is 1. The van der Waals surface area contributed by atoms with Crippen LogP contribution in [0.1, 0.15) is 25.7 Å². The first-order valence-corrected chi connectivity index (χ1v) is 9.23. The minimum Gasteiger partial charge on any atom is -0.328 e. The zero-order valence-electron chi connectivity index (χ0n) is 12.4. The number of hydrogen-bond donors (Lipinski definition) is 2. The Morgan fingerprint density at radius 3 is 2.50 bits per heavy atom. The van der Waals surface area contributed by atoms with Gasteiger partial charge in [0, 0.05) is 24.2 Å². The van der Waals surface area contributed by atoms with Crippen LogP contribution in [0.3, 0.4) is 0 Å². The summed E-state index contributed by atoms with van der Waals surface area (Å²) in [4.78, 5) is 12.1. The van der Waals surface area contributed by atoms with Crippen molar-refractivity contribution in [2.45, 2.75) is 31.7 Å². The molecule has 7 heteroatoms. The maximum atomic E-state index is 12.1. The number of rotatable bonds is 3. The Kier molecular flexibility index (Phi) is 4.10. The van der Waals surface area contributed by atoms with Crippen LogP contribution in [0.25, 0.3) is 0 Å². The van der Waals surface area contributed by atoms with Gasteiger partial charge in [-0.1, -0.05) is 0 Å². The van der Waals surface area contributed by atoms with E-state index in [0.717, 1.165) is 19.3 Å². The number of sulfonamides is 1. The van der Waals surface area contributed by atoms with E-state index in [4.69, 9.17) is 5.73 Å². The monoisotopic (exact) mass is 323 g/mol. The zero-order valence-corrected chi connectivity index (χ0v) is 13.2. The van der Waals surface area contributed by atoms with Gasteiger partial charge in [-0.3, -0.25) is 9.10 Å². The number of nitrogens with one attached hydrogen (secondary N) is 1. The molecule has 6 nitrogen and oxygen atoms in total. The van der Waals surface area contributed by atoms with Gasteiger partial charge in [-0.15, -0.1) is 0 Å². The van der Waals surface area contributed by atoms with Crippen LogP contribution >= 0.6 is 0 Å². The van der Waals surface area contributed by atoms with Crippen LogP contribution in [0.2, 0.25) is 0 Å². The van der Waals surface area contributed by atoms with Crippen LogP contribution in [-0.2, 0) is 14.8 Å². The third-order valence-corrected chi connectivity index (χ3v) is 6.24. The number of nitrogens with zero attached hydrogens (tertiary/aromatic N) is 1. The van der Waals surface area contributed by atoms with E-state index in [0.29, 0.717) is 24.3 Å². The van der Waals surface area contributed by atoms with Crippen LogP contribution in [0, 0.1) is 5.92 Å². The largest absolute Gasteiger partial charge is 0.328 e. The molecule has 0 bridgehead atoms. The molecule has 1 aliphatic heterocycles. The summed E-state index contributed by atoms with van der Waals surface area (Å²) in [7, 11) is -3.16. The molecule has 3 N–H and O–H groups in total. The standard InChI is InChI=1S/C15H21N3O3S/c16-12-3-2-11(10-12)15(19)17-13-4-6-14(7-5-13)18-8-1-9-22(18,20)21/h4-7,11-12H,1-3,8-10,16H2,(H,17,19). The number of hydrogen-bond acceptors (Lipinski definition) is 4. The van der Waals surface area contributed by atoms with Crippen molar-refractivity contribution < 1.29 is 13.2 Å². The molecule has 120 valence electrons. The van der Waals surface area contributed by atoms with Crippen molar-refractivity contribution in [1.82, 2.24) is 0 Å². The third kappa shape index (κ3) is 3.10. The molecule has 2 aliphatic rings. The Morgan fingerprint density at radius 2 is 1.95 bits per heavy atom. The van der Waals surface area contributed by atoms with Gasteiger partial charge in [0.05, 0.1) is 11.4 Å². The van der Waals surface area contributed by atoms with E-state index in [1.54, 1.807) is 24.3 Å². The van der Waals surface area contributed by atoms with Crippen LogP contribution in [-0.4, -0.2) is 32.7 Å². The van der Waals surface area contributed by atoms with Gasteiger partial charge < -0.3 is 11.1 Å². The van der Waals surface area contributed by atoms with Crippen LogP contribution in [0.4, 0.5) is 11.4 Å². The molecule has 3 rings (SSSR count). The second kappa shape index (κ2) is 5.89. The Bertz CT molecular complexity index is 657. The van der Waals surface area contributed by atoms with E-state index in [9.17, 15) is 13.2 Å². The number of carbonyl (C=O) groups excluding carboxylic acids is 1. The van der Waals surface area contributed by atoms with Crippen molar-refractivity contribution >= 4 is 27.3 Å². The number of benzene rings is 1. The maximum Gasteiger partial charge on any atom is 0.235 e. The highest BCUT2D eigenvalue weighted by Crippen LogP contribution is 2.27. The molecule has 1 aromatic carbocycles. The molecule has 1 saturated carbocycles. The second-order valence-corrected chi connectivity index (χ2v) is 8.06. The quantitative estimate of drug-likeness (QED) is 0.877. The summed E-state index contributed by atoms with van der Waals surface area (Å²) in [6.07, 6.45) is 3.11. The molecule has 0 radical (unpaired) electrons. The summed E-state index contributed by atoms with van der Waals surface area (Å²) < 4.78 is 25.2. The van der Waals surface area contributed by atoms with E-state index in [-0.39, 0.29) is 23.6 Å². The van der Waals surface area contributed by atoms with Gasteiger partial charge in [0.2, 0.25) is 15.9 Å². The molecule has 2 unspecified atom stereocenters. The number of carbonyl (C=O) groups is 1. The van der Waals surface area contributed by atoms with E-state index in [1.165, 1.54) is 4.31 Å². The summed E-state index contributed by atoms with van der Waals surface area (Å²) in [5.41, 5.74) is 7.17.